The van der Waals surface area contributed by atoms with E-state index in [0.29, 0.717) is 39.8 Å². The average molecular weight is 496 g/mol. The highest BCUT2D eigenvalue weighted by Gasteiger charge is 2.20. The number of carbonyl (C=O) groups is 1. The molecule has 26 heavy (non-hydrogen) atoms. The number of aromatic hydroxyl groups is 1. The Balaban J connectivity index is 2.67. The molecule has 11 heteroatoms. The average Bonchev–Trinajstić information content (AvgIpc) is 2.59. The van der Waals surface area contributed by atoms with E-state index in [1.54, 1.807) is 6.07 Å². The van der Waals surface area contributed by atoms with Crippen molar-refractivity contribution in [3.63, 3.8) is 0 Å². The number of hydrogen-bond donors (Lipinski definition) is 6. The fourth-order valence-electron chi connectivity index (χ4n) is 2.09. The number of ether oxygens (including phenoxy) is 1. The third-order valence-electron chi connectivity index (χ3n) is 3.39. The number of benzene rings is 1. The standard InChI is InChI=1S/C15H21Br2N5O4/c1-26-13-9(16)6-8(12(23)11(13)17)7-10(22-25)14(24)20-4-2-3-5-21-15(18)19/h6,23,25H,2-5,7H2,1H3,(H,20,24)(H4,18,19,21)/p+1/b22-10+. The Morgan fingerprint density at radius 3 is 2.65 bits per heavy atom. The zero-order valence-electron chi connectivity index (χ0n) is 14.2. The molecule has 0 radical (unpaired) electrons. The molecular formula is C15H22Br2N5O4+. The lowest BCUT2D eigenvalue weighted by atomic mass is 10.1. The summed E-state index contributed by atoms with van der Waals surface area (Å²) >= 11 is 6.56. The monoisotopic (exact) mass is 494 g/mol. The largest absolute Gasteiger partial charge is 0.506 e. The molecule has 0 heterocycles. The molecule has 0 spiro atoms. The molecular weight excluding hydrogens is 474 g/mol. The number of halogens is 2. The Bertz CT molecular complexity index is 706. The summed E-state index contributed by atoms with van der Waals surface area (Å²) < 4.78 is 6.08. The number of nitrogens with zero attached hydrogens (tertiary/aromatic N) is 1. The first-order chi connectivity index (χ1) is 12.3. The summed E-state index contributed by atoms with van der Waals surface area (Å²) in [6.07, 6.45) is 1.38. The van der Waals surface area contributed by atoms with Gasteiger partial charge >= 0.3 is 5.96 Å². The van der Waals surface area contributed by atoms with E-state index in [4.69, 9.17) is 21.4 Å². The Labute approximate surface area is 167 Å². The van der Waals surface area contributed by atoms with E-state index in [1.165, 1.54) is 7.11 Å². The minimum atomic E-state index is -0.521. The van der Waals surface area contributed by atoms with Crippen molar-refractivity contribution in [2.75, 3.05) is 20.2 Å². The molecule has 9 nitrogen and oxygen atoms in total. The number of guanidine groups is 1. The van der Waals surface area contributed by atoms with Gasteiger partial charge < -0.3 is 20.4 Å². The number of phenolic OH excluding ortho intramolecular Hbond substituents is 1. The molecule has 0 unspecified atom stereocenters. The molecule has 0 fully saturated rings. The van der Waals surface area contributed by atoms with Crippen LogP contribution in [0.25, 0.3) is 0 Å². The number of nitrogens with one attached hydrogen (secondary N) is 2. The zero-order chi connectivity index (χ0) is 19.7. The van der Waals surface area contributed by atoms with Gasteiger partial charge in [0.1, 0.15) is 15.9 Å². The number of oxime groups is 1. The second kappa shape index (κ2) is 10.9. The van der Waals surface area contributed by atoms with Crippen LogP contribution in [-0.2, 0) is 11.2 Å². The fraction of sp³-hybridized carbons (Fsp3) is 0.400. The highest BCUT2D eigenvalue weighted by atomic mass is 79.9. The number of nitrogens with two attached hydrogens (primary N) is 2. The molecule has 0 saturated heterocycles. The number of hydrogen-bond acceptors (Lipinski definition) is 5. The van der Waals surface area contributed by atoms with Gasteiger partial charge in [-0.3, -0.25) is 21.3 Å². The maximum atomic E-state index is 12.1. The Kier molecular flexibility index (Phi) is 9.21. The van der Waals surface area contributed by atoms with Gasteiger partial charge in [-0.15, -0.1) is 0 Å². The Morgan fingerprint density at radius 2 is 2.08 bits per heavy atom. The summed E-state index contributed by atoms with van der Waals surface area (Å²) in [5.41, 5.74) is 10.8. The number of carbonyl (C=O) groups excluding carboxylic acids is 1. The van der Waals surface area contributed by atoms with Crippen LogP contribution in [-0.4, -0.2) is 48.1 Å². The fourth-order valence-corrected chi connectivity index (χ4v) is 3.62. The van der Waals surface area contributed by atoms with Crippen molar-refractivity contribution in [3.05, 3.63) is 20.6 Å². The molecule has 0 bridgehead atoms. The van der Waals surface area contributed by atoms with Gasteiger partial charge in [0.05, 0.1) is 18.1 Å². The summed E-state index contributed by atoms with van der Waals surface area (Å²) in [5.74, 6) is -0.0453. The van der Waals surface area contributed by atoms with Gasteiger partial charge in [0, 0.05) is 18.5 Å². The quantitative estimate of drug-likeness (QED) is 0.0894. The van der Waals surface area contributed by atoms with E-state index in [1.807, 2.05) is 0 Å². The molecule has 1 aromatic rings. The van der Waals surface area contributed by atoms with Crippen molar-refractivity contribution in [2.24, 2.45) is 16.6 Å². The summed E-state index contributed by atoms with van der Waals surface area (Å²) in [5, 5.41) is 25.1. The molecule has 8 N–H and O–H groups in total. The van der Waals surface area contributed by atoms with E-state index in [0.717, 1.165) is 6.42 Å². The molecule has 1 rings (SSSR count). The van der Waals surface area contributed by atoms with Gasteiger partial charge in [-0.25, -0.2) is 0 Å². The van der Waals surface area contributed by atoms with Crippen molar-refractivity contribution in [3.8, 4) is 11.5 Å². The molecule has 0 aliphatic carbocycles. The minimum absolute atomic E-state index is 0.0599. The number of phenols is 1. The second-order valence-corrected chi connectivity index (χ2v) is 6.93. The minimum Gasteiger partial charge on any atom is -0.506 e. The molecule has 0 saturated carbocycles. The van der Waals surface area contributed by atoms with Gasteiger partial charge in [-0.2, -0.15) is 0 Å². The van der Waals surface area contributed by atoms with Crippen LogP contribution < -0.4 is 26.5 Å². The topological polar surface area (TPSA) is 157 Å². The van der Waals surface area contributed by atoms with E-state index in [2.05, 4.69) is 47.3 Å². The molecule has 1 aromatic carbocycles. The van der Waals surface area contributed by atoms with E-state index in [-0.39, 0.29) is 23.8 Å². The van der Waals surface area contributed by atoms with Crippen molar-refractivity contribution < 1.29 is 24.8 Å². The summed E-state index contributed by atoms with van der Waals surface area (Å²) in [6, 6.07) is 1.59. The highest BCUT2D eigenvalue weighted by Crippen LogP contribution is 2.42. The molecule has 0 atom stereocenters. The van der Waals surface area contributed by atoms with E-state index >= 15 is 0 Å². The van der Waals surface area contributed by atoms with Crippen LogP contribution in [0.2, 0.25) is 0 Å². The first kappa shape index (κ1) is 22.0. The van der Waals surface area contributed by atoms with Crippen LogP contribution in [0.3, 0.4) is 0 Å². The van der Waals surface area contributed by atoms with E-state index < -0.39 is 5.91 Å². The first-order valence-corrected chi connectivity index (χ1v) is 9.25. The maximum Gasteiger partial charge on any atom is 0.338 e. The van der Waals surface area contributed by atoms with Crippen LogP contribution in [0, 0.1) is 0 Å². The van der Waals surface area contributed by atoms with Crippen LogP contribution >= 0.6 is 31.9 Å². The lowest BCUT2D eigenvalue weighted by Gasteiger charge is -2.13. The predicted octanol–water partition coefficient (Wildman–Crippen LogP) is -0.451. The molecule has 0 aliphatic rings. The number of unbranched alkanes of at least 4 members (excludes halogenated alkanes) is 1. The molecule has 1 amide bonds. The van der Waals surface area contributed by atoms with Crippen molar-refractivity contribution >= 4 is 49.4 Å². The van der Waals surface area contributed by atoms with Crippen molar-refractivity contribution in [2.45, 2.75) is 19.3 Å². The summed E-state index contributed by atoms with van der Waals surface area (Å²) in [7, 11) is 1.47. The molecule has 0 aliphatic heterocycles. The number of amides is 1. The second-order valence-electron chi connectivity index (χ2n) is 5.28. The van der Waals surface area contributed by atoms with Crippen LogP contribution in [0.4, 0.5) is 0 Å². The van der Waals surface area contributed by atoms with Crippen LogP contribution in [0.1, 0.15) is 18.4 Å². The maximum absolute atomic E-state index is 12.1. The number of methoxy groups -OCH3 is 1. The van der Waals surface area contributed by atoms with Crippen LogP contribution in [0.15, 0.2) is 20.2 Å². The molecule has 0 aromatic heterocycles. The molecule has 144 valence electrons. The Morgan fingerprint density at radius 1 is 1.38 bits per heavy atom. The van der Waals surface area contributed by atoms with Gasteiger partial charge in [-0.1, -0.05) is 5.16 Å². The smallest absolute Gasteiger partial charge is 0.338 e. The summed E-state index contributed by atoms with van der Waals surface area (Å²) in [6.45, 7) is 0.993. The van der Waals surface area contributed by atoms with Gasteiger partial charge in [-0.05, 0) is 50.8 Å². The van der Waals surface area contributed by atoms with E-state index in [9.17, 15) is 9.90 Å². The normalized spacial score (nSPS) is 11.1. The number of rotatable bonds is 9. The van der Waals surface area contributed by atoms with Crippen molar-refractivity contribution in [1.82, 2.24) is 5.32 Å². The van der Waals surface area contributed by atoms with Gasteiger partial charge in [0.15, 0.2) is 5.75 Å². The van der Waals surface area contributed by atoms with Gasteiger partial charge in [0.25, 0.3) is 5.91 Å². The lowest BCUT2D eigenvalue weighted by molar-refractivity contribution is -0.459. The summed E-state index contributed by atoms with van der Waals surface area (Å²) in [4.78, 5) is 14.9. The van der Waals surface area contributed by atoms with Gasteiger partial charge in [0.2, 0.25) is 0 Å². The predicted molar refractivity (Wildman–Crippen MR) is 104 cm³/mol. The third kappa shape index (κ3) is 6.37. The van der Waals surface area contributed by atoms with Crippen LogP contribution in [0.5, 0.6) is 11.5 Å². The van der Waals surface area contributed by atoms with Crippen molar-refractivity contribution in [1.29, 1.82) is 0 Å². The third-order valence-corrected chi connectivity index (χ3v) is 4.72. The first-order valence-electron chi connectivity index (χ1n) is 7.66. The zero-order valence-corrected chi connectivity index (χ0v) is 17.4. The highest BCUT2D eigenvalue weighted by molar-refractivity contribution is 9.11. The Hall–Kier alpha value is -2.01. The SMILES string of the molecule is COc1c(Br)cc(C/C(=N\O)C(=O)NCCCC[NH+]=C(N)N)c(O)c1Br. The lowest BCUT2D eigenvalue weighted by Crippen LogP contribution is -2.78.